The van der Waals surface area contributed by atoms with Gasteiger partial charge in [0.05, 0.1) is 16.5 Å². The van der Waals surface area contributed by atoms with Gasteiger partial charge in [0.1, 0.15) is 5.75 Å². The number of nitrogens with zero attached hydrogens (tertiary/aromatic N) is 1. The Bertz CT molecular complexity index is 886. The van der Waals surface area contributed by atoms with E-state index in [4.69, 9.17) is 9.47 Å². The second-order valence-electron chi connectivity index (χ2n) is 7.29. The van der Waals surface area contributed by atoms with Gasteiger partial charge in [-0.3, -0.25) is 9.59 Å². The first kappa shape index (κ1) is 21.5. The van der Waals surface area contributed by atoms with E-state index in [9.17, 15) is 18.0 Å². The standard InChI is InChI=1S/C19H27N3O6S/c1-13-9-15-16(28-12-18(23)21-15)10-17(13)29(25,26)22-7-3-5-14(11-22)19(24)20-6-4-8-27-2/h9-10,14H,3-8,11-12H2,1-2H3,(H,20,24)(H,21,23)/t14-/m1/s1. The van der Waals surface area contributed by atoms with Crippen molar-refractivity contribution in [1.29, 1.82) is 0 Å². The van der Waals surface area contributed by atoms with Gasteiger partial charge in [-0.1, -0.05) is 0 Å². The Hall–Kier alpha value is -2.17. The average Bonchev–Trinajstić information content (AvgIpc) is 2.70. The summed E-state index contributed by atoms with van der Waals surface area (Å²) in [5.41, 5.74) is 0.977. The van der Waals surface area contributed by atoms with Crippen molar-refractivity contribution in [2.75, 3.05) is 45.3 Å². The van der Waals surface area contributed by atoms with Crippen molar-refractivity contribution in [3.63, 3.8) is 0 Å². The number of sulfonamides is 1. The van der Waals surface area contributed by atoms with Gasteiger partial charge in [0.25, 0.3) is 5.91 Å². The molecule has 1 aromatic rings. The lowest BCUT2D eigenvalue weighted by Crippen LogP contribution is -2.45. The maximum absolute atomic E-state index is 13.3. The van der Waals surface area contributed by atoms with Crippen LogP contribution < -0.4 is 15.4 Å². The summed E-state index contributed by atoms with van der Waals surface area (Å²) >= 11 is 0. The largest absolute Gasteiger partial charge is 0.482 e. The van der Waals surface area contributed by atoms with Crippen LogP contribution in [0.1, 0.15) is 24.8 Å². The quantitative estimate of drug-likeness (QED) is 0.627. The number of benzene rings is 1. The Morgan fingerprint density at radius 2 is 2.21 bits per heavy atom. The Labute approximate surface area is 170 Å². The summed E-state index contributed by atoms with van der Waals surface area (Å²) in [4.78, 5) is 24.0. The highest BCUT2D eigenvalue weighted by atomic mass is 32.2. The monoisotopic (exact) mass is 425 g/mol. The molecule has 0 aromatic heterocycles. The van der Waals surface area contributed by atoms with Crippen molar-refractivity contribution in [3.8, 4) is 5.75 Å². The van der Waals surface area contributed by atoms with Gasteiger partial charge in [-0.05, 0) is 37.8 Å². The Morgan fingerprint density at radius 1 is 1.41 bits per heavy atom. The fourth-order valence-electron chi connectivity index (χ4n) is 3.58. The zero-order chi connectivity index (χ0) is 21.0. The van der Waals surface area contributed by atoms with Crippen LogP contribution in [0.4, 0.5) is 5.69 Å². The van der Waals surface area contributed by atoms with E-state index < -0.39 is 10.0 Å². The molecule has 29 heavy (non-hydrogen) atoms. The SMILES string of the molecule is COCCCNC(=O)[C@@H]1CCCN(S(=O)(=O)c2cc3c(cc2C)NC(=O)CO3)C1. The smallest absolute Gasteiger partial charge is 0.262 e. The Balaban J connectivity index is 1.74. The molecule has 0 unspecified atom stereocenters. The predicted molar refractivity (Wildman–Crippen MR) is 106 cm³/mol. The van der Waals surface area contributed by atoms with Gasteiger partial charge in [0, 0.05) is 39.4 Å². The number of carbonyl (C=O) groups is 2. The van der Waals surface area contributed by atoms with Crippen LogP contribution >= 0.6 is 0 Å². The molecule has 1 atom stereocenters. The average molecular weight is 426 g/mol. The Kier molecular flexibility index (Phi) is 6.76. The van der Waals surface area contributed by atoms with Crippen LogP contribution in [0.5, 0.6) is 5.75 Å². The molecule has 1 fully saturated rings. The van der Waals surface area contributed by atoms with E-state index >= 15 is 0 Å². The topological polar surface area (TPSA) is 114 Å². The van der Waals surface area contributed by atoms with E-state index in [0.29, 0.717) is 56.0 Å². The third-order valence-corrected chi connectivity index (χ3v) is 7.11. The van der Waals surface area contributed by atoms with E-state index in [-0.39, 0.29) is 35.8 Å². The molecular weight excluding hydrogens is 398 g/mol. The van der Waals surface area contributed by atoms with Gasteiger partial charge in [0.15, 0.2) is 6.61 Å². The maximum atomic E-state index is 13.3. The van der Waals surface area contributed by atoms with Gasteiger partial charge in [-0.25, -0.2) is 8.42 Å². The number of rotatable bonds is 7. The first-order valence-corrected chi connectivity index (χ1v) is 11.1. The maximum Gasteiger partial charge on any atom is 0.262 e. The Morgan fingerprint density at radius 3 is 2.97 bits per heavy atom. The molecule has 0 aliphatic carbocycles. The number of carbonyl (C=O) groups excluding carboxylic acids is 2. The lowest BCUT2D eigenvalue weighted by molar-refractivity contribution is -0.126. The van der Waals surface area contributed by atoms with Gasteiger partial charge in [0.2, 0.25) is 15.9 Å². The van der Waals surface area contributed by atoms with E-state index in [1.54, 1.807) is 20.1 Å². The molecule has 2 amide bonds. The number of ether oxygens (including phenoxy) is 2. The van der Waals surface area contributed by atoms with E-state index in [2.05, 4.69) is 10.6 Å². The number of aryl methyl sites for hydroxylation is 1. The number of fused-ring (bicyclic) bond motifs is 1. The van der Waals surface area contributed by atoms with Crippen molar-refractivity contribution < 1.29 is 27.5 Å². The van der Waals surface area contributed by atoms with Crippen LogP contribution in [0, 0.1) is 12.8 Å². The molecule has 3 rings (SSSR count). The van der Waals surface area contributed by atoms with E-state index in [1.807, 2.05) is 0 Å². The molecule has 2 aliphatic heterocycles. The van der Waals surface area contributed by atoms with Crippen LogP contribution in [-0.2, 0) is 24.3 Å². The summed E-state index contributed by atoms with van der Waals surface area (Å²) in [7, 11) is -2.19. The van der Waals surface area contributed by atoms with Crippen LogP contribution in [0.3, 0.4) is 0 Å². The molecule has 160 valence electrons. The highest BCUT2D eigenvalue weighted by Crippen LogP contribution is 2.35. The number of piperidine rings is 1. The fourth-order valence-corrected chi connectivity index (χ4v) is 5.33. The van der Waals surface area contributed by atoms with Crippen molar-refractivity contribution in [2.45, 2.75) is 31.1 Å². The van der Waals surface area contributed by atoms with Crippen LogP contribution in [0.2, 0.25) is 0 Å². The molecule has 2 aliphatic rings. The van der Waals surface area contributed by atoms with E-state index in [0.717, 1.165) is 0 Å². The summed E-state index contributed by atoms with van der Waals surface area (Å²) in [6.45, 7) is 3.10. The number of anilines is 1. The van der Waals surface area contributed by atoms with Crippen molar-refractivity contribution in [1.82, 2.24) is 9.62 Å². The van der Waals surface area contributed by atoms with Gasteiger partial charge < -0.3 is 20.1 Å². The predicted octanol–water partition coefficient (Wildman–Crippen LogP) is 0.879. The number of nitrogens with one attached hydrogen (secondary N) is 2. The van der Waals surface area contributed by atoms with Crippen LogP contribution in [-0.4, -0.2) is 64.5 Å². The summed E-state index contributed by atoms with van der Waals surface area (Å²) < 4.78 is 38.2. The summed E-state index contributed by atoms with van der Waals surface area (Å²) in [6, 6.07) is 3.05. The summed E-state index contributed by atoms with van der Waals surface area (Å²) in [5.74, 6) is -0.454. The first-order chi connectivity index (χ1) is 13.8. The molecule has 1 saturated heterocycles. The lowest BCUT2D eigenvalue weighted by Gasteiger charge is -2.32. The van der Waals surface area contributed by atoms with Crippen molar-refractivity contribution in [3.05, 3.63) is 17.7 Å². The highest BCUT2D eigenvalue weighted by molar-refractivity contribution is 7.89. The van der Waals surface area contributed by atoms with Gasteiger partial charge >= 0.3 is 0 Å². The molecule has 2 N–H and O–H groups in total. The number of methoxy groups -OCH3 is 1. The normalized spacial score (nSPS) is 19.8. The third kappa shape index (κ3) is 4.88. The minimum Gasteiger partial charge on any atom is -0.482 e. The third-order valence-electron chi connectivity index (χ3n) is 5.11. The minimum absolute atomic E-state index is 0.130. The second kappa shape index (κ2) is 9.10. The lowest BCUT2D eigenvalue weighted by atomic mass is 9.99. The highest BCUT2D eigenvalue weighted by Gasteiger charge is 2.35. The minimum atomic E-state index is -3.79. The number of hydrogen-bond donors (Lipinski definition) is 2. The van der Waals surface area contributed by atoms with Gasteiger partial charge in [-0.2, -0.15) is 4.31 Å². The zero-order valence-corrected chi connectivity index (χ0v) is 17.5. The first-order valence-electron chi connectivity index (χ1n) is 9.67. The molecule has 2 heterocycles. The fraction of sp³-hybridized carbons (Fsp3) is 0.579. The van der Waals surface area contributed by atoms with Crippen LogP contribution in [0.15, 0.2) is 17.0 Å². The van der Waals surface area contributed by atoms with Crippen molar-refractivity contribution >= 4 is 27.5 Å². The van der Waals surface area contributed by atoms with Gasteiger partial charge in [-0.15, -0.1) is 0 Å². The molecule has 0 bridgehead atoms. The zero-order valence-electron chi connectivity index (χ0n) is 16.7. The molecule has 0 spiro atoms. The molecule has 9 nitrogen and oxygen atoms in total. The number of hydrogen-bond acceptors (Lipinski definition) is 6. The van der Waals surface area contributed by atoms with Crippen LogP contribution in [0.25, 0.3) is 0 Å². The number of amides is 2. The molecule has 0 saturated carbocycles. The molecule has 1 aromatic carbocycles. The summed E-state index contributed by atoms with van der Waals surface area (Å²) in [6.07, 6.45) is 1.98. The second-order valence-corrected chi connectivity index (χ2v) is 9.20. The molecule has 0 radical (unpaired) electrons. The summed E-state index contributed by atoms with van der Waals surface area (Å²) in [5, 5.41) is 5.53. The molecule has 10 heteroatoms. The van der Waals surface area contributed by atoms with Crippen molar-refractivity contribution in [2.24, 2.45) is 5.92 Å². The van der Waals surface area contributed by atoms with E-state index in [1.165, 1.54) is 10.4 Å². The molecular formula is C19H27N3O6S.